The molecule has 98 valence electrons. The van der Waals surface area contributed by atoms with E-state index in [1.807, 2.05) is 24.3 Å². The van der Waals surface area contributed by atoms with E-state index >= 15 is 0 Å². The van der Waals surface area contributed by atoms with Gasteiger partial charge in [0.05, 0.1) is 12.6 Å². The first-order valence-electron chi connectivity index (χ1n) is 6.07. The van der Waals surface area contributed by atoms with Gasteiger partial charge in [-0.25, -0.2) is 0 Å². The molecule has 1 aliphatic carbocycles. The lowest BCUT2D eigenvalue weighted by atomic mass is 9.82. The second-order valence-electron chi connectivity index (χ2n) is 4.68. The van der Waals surface area contributed by atoms with Crippen LogP contribution in [0.4, 0.5) is 5.69 Å². The molecule has 0 heterocycles. The lowest BCUT2D eigenvalue weighted by Crippen LogP contribution is -2.38. The molecule has 0 radical (unpaired) electrons. The van der Waals surface area contributed by atoms with E-state index in [0.717, 1.165) is 29.5 Å². The van der Waals surface area contributed by atoms with Crippen molar-refractivity contribution in [3.05, 3.63) is 28.7 Å². The van der Waals surface area contributed by atoms with Crippen LogP contribution >= 0.6 is 15.9 Å². The Morgan fingerprint density at radius 3 is 2.89 bits per heavy atom. The fraction of sp³-hybridized carbons (Fsp3) is 0.462. The van der Waals surface area contributed by atoms with Crippen LogP contribution in [0, 0.1) is 5.92 Å². The first-order valence-corrected chi connectivity index (χ1v) is 6.87. The Balaban J connectivity index is 1.66. The zero-order chi connectivity index (χ0) is 13.0. The molecule has 0 bridgehead atoms. The van der Waals surface area contributed by atoms with Crippen LogP contribution in [0.5, 0.6) is 0 Å². The van der Waals surface area contributed by atoms with Crippen molar-refractivity contribution >= 4 is 27.5 Å². The fourth-order valence-electron chi connectivity index (χ4n) is 2.03. The van der Waals surface area contributed by atoms with Gasteiger partial charge in [-0.15, -0.1) is 0 Å². The average molecular weight is 313 g/mol. The summed E-state index contributed by atoms with van der Waals surface area (Å²) >= 11 is 3.36. The fourth-order valence-corrected chi connectivity index (χ4v) is 2.43. The molecule has 0 unspecified atom stereocenters. The van der Waals surface area contributed by atoms with Gasteiger partial charge in [0.15, 0.2) is 0 Å². The molecule has 2 rings (SSSR count). The second kappa shape index (κ2) is 6.31. The van der Waals surface area contributed by atoms with Gasteiger partial charge < -0.3 is 15.7 Å². The van der Waals surface area contributed by atoms with Gasteiger partial charge in [-0.05, 0) is 43.5 Å². The molecule has 0 aliphatic heterocycles. The number of rotatable bonds is 5. The zero-order valence-electron chi connectivity index (χ0n) is 10.0. The van der Waals surface area contributed by atoms with E-state index in [9.17, 15) is 4.79 Å². The summed E-state index contributed by atoms with van der Waals surface area (Å²) in [6, 6.07) is 7.50. The monoisotopic (exact) mass is 312 g/mol. The normalized spacial score (nSPS) is 22.3. The summed E-state index contributed by atoms with van der Waals surface area (Å²) in [5, 5.41) is 15.1. The molecule has 1 fully saturated rings. The lowest BCUT2D eigenvalue weighted by molar-refractivity contribution is -0.115. The minimum atomic E-state index is -0.132. The molecule has 18 heavy (non-hydrogen) atoms. The van der Waals surface area contributed by atoms with Crippen LogP contribution in [0.2, 0.25) is 0 Å². The maximum absolute atomic E-state index is 11.6. The van der Waals surface area contributed by atoms with Gasteiger partial charge >= 0.3 is 0 Å². The van der Waals surface area contributed by atoms with Gasteiger partial charge in [-0.2, -0.15) is 0 Å². The van der Waals surface area contributed by atoms with E-state index in [-0.39, 0.29) is 12.0 Å². The molecule has 3 N–H and O–H groups in total. The summed E-state index contributed by atoms with van der Waals surface area (Å²) in [6.07, 6.45) is 1.56. The lowest BCUT2D eigenvalue weighted by Gasteiger charge is -2.31. The van der Waals surface area contributed by atoms with E-state index in [1.54, 1.807) is 0 Å². The Morgan fingerprint density at radius 2 is 2.22 bits per heavy atom. The Bertz CT molecular complexity index is 419. The third-order valence-corrected chi connectivity index (χ3v) is 3.53. The summed E-state index contributed by atoms with van der Waals surface area (Å²) in [6.45, 7) is 1.10. The van der Waals surface area contributed by atoms with E-state index in [2.05, 4.69) is 26.6 Å². The topological polar surface area (TPSA) is 61.4 Å². The number of aliphatic hydroxyl groups excluding tert-OH is 1. The standard InChI is InChI=1S/C13H17BrN2O2/c14-10-2-1-3-11(6-10)16-13(18)8-15-7-9-4-12(17)5-9/h1-3,6,9,12,15,17H,4-5,7-8H2,(H,16,18). The van der Waals surface area contributed by atoms with Crippen LogP contribution < -0.4 is 10.6 Å². The minimum Gasteiger partial charge on any atom is -0.393 e. The average Bonchev–Trinajstić information content (AvgIpc) is 2.26. The summed E-state index contributed by atoms with van der Waals surface area (Å²) in [5.74, 6) is 0.464. The van der Waals surface area contributed by atoms with E-state index in [1.165, 1.54) is 0 Å². The number of benzene rings is 1. The minimum absolute atomic E-state index is 0.0482. The Hall–Kier alpha value is -0.910. The first kappa shape index (κ1) is 13.5. The van der Waals surface area contributed by atoms with Crippen LogP contribution in [0.3, 0.4) is 0 Å². The molecule has 0 spiro atoms. The van der Waals surface area contributed by atoms with E-state index in [4.69, 9.17) is 5.11 Å². The number of amides is 1. The van der Waals surface area contributed by atoms with Crippen molar-refractivity contribution in [1.82, 2.24) is 5.32 Å². The number of hydrogen-bond acceptors (Lipinski definition) is 3. The molecule has 1 aromatic carbocycles. The van der Waals surface area contributed by atoms with Gasteiger partial charge in [0.2, 0.25) is 5.91 Å². The number of anilines is 1. The van der Waals surface area contributed by atoms with Crippen molar-refractivity contribution in [2.75, 3.05) is 18.4 Å². The maximum Gasteiger partial charge on any atom is 0.238 e. The number of nitrogens with one attached hydrogen (secondary N) is 2. The highest BCUT2D eigenvalue weighted by atomic mass is 79.9. The van der Waals surface area contributed by atoms with Gasteiger partial charge in [0, 0.05) is 10.2 Å². The molecule has 0 saturated heterocycles. The third kappa shape index (κ3) is 4.08. The molecule has 1 aliphatic rings. The van der Waals surface area contributed by atoms with Crippen molar-refractivity contribution in [3.8, 4) is 0 Å². The summed E-state index contributed by atoms with van der Waals surface area (Å²) in [5.41, 5.74) is 0.787. The molecule has 4 nitrogen and oxygen atoms in total. The first-order chi connectivity index (χ1) is 8.63. The molecule has 1 aromatic rings. The number of carbonyl (C=O) groups excluding carboxylic acids is 1. The van der Waals surface area contributed by atoms with Crippen molar-refractivity contribution in [3.63, 3.8) is 0 Å². The highest BCUT2D eigenvalue weighted by molar-refractivity contribution is 9.10. The van der Waals surface area contributed by atoms with Crippen molar-refractivity contribution in [2.45, 2.75) is 18.9 Å². The molecular formula is C13H17BrN2O2. The van der Waals surface area contributed by atoms with Crippen LogP contribution in [0.25, 0.3) is 0 Å². The van der Waals surface area contributed by atoms with Crippen molar-refractivity contribution in [2.24, 2.45) is 5.92 Å². The summed E-state index contributed by atoms with van der Waals surface area (Å²) in [7, 11) is 0. The van der Waals surface area contributed by atoms with Crippen LogP contribution in [-0.2, 0) is 4.79 Å². The van der Waals surface area contributed by atoms with E-state index < -0.39 is 0 Å². The van der Waals surface area contributed by atoms with Crippen molar-refractivity contribution in [1.29, 1.82) is 0 Å². The number of carbonyl (C=O) groups is 1. The van der Waals surface area contributed by atoms with Crippen LogP contribution in [0.15, 0.2) is 28.7 Å². The molecule has 5 heteroatoms. The Labute approximate surface area is 115 Å². The zero-order valence-corrected chi connectivity index (χ0v) is 11.6. The highest BCUT2D eigenvalue weighted by Crippen LogP contribution is 2.25. The quantitative estimate of drug-likeness (QED) is 0.776. The number of hydrogen-bond donors (Lipinski definition) is 3. The molecule has 0 aromatic heterocycles. The van der Waals surface area contributed by atoms with Gasteiger partial charge in [0.25, 0.3) is 0 Å². The predicted molar refractivity (Wildman–Crippen MR) is 74.4 cm³/mol. The number of aliphatic hydroxyl groups is 1. The highest BCUT2D eigenvalue weighted by Gasteiger charge is 2.26. The van der Waals surface area contributed by atoms with Gasteiger partial charge in [-0.3, -0.25) is 4.79 Å². The van der Waals surface area contributed by atoms with Gasteiger partial charge in [-0.1, -0.05) is 22.0 Å². The molecule has 1 amide bonds. The number of halogens is 1. The maximum atomic E-state index is 11.6. The Morgan fingerprint density at radius 1 is 1.44 bits per heavy atom. The molecular weight excluding hydrogens is 296 g/mol. The van der Waals surface area contributed by atoms with E-state index in [0.29, 0.717) is 12.5 Å². The second-order valence-corrected chi connectivity index (χ2v) is 5.60. The summed E-state index contributed by atoms with van der Waals surface area (Å²) in [4.78, 5) is 11.6. The summed E-state index contributed by atoms with van der Waals surface area (Å²) < 4.78 is 0.941. The van der Waals surface area contributed by atoms with Gasteiger partial charge in [0.1, 0.15) is 0 Å². The molecule has 1 saturated carbocycles. The third-order valence-electron chi connectivity index (χ3n) is 3.04. The SMILES string of the molecule is O=C(CNCC1CC(O)C1)Nc1cccc(Br)c1. The van der Waals surface area contributed by atoms with Crippen LogP contribution in [-0.4, -0.2) is 30.2 Å². The van der Waals surface area contributed by atoms with Crippen LogP contribution in [0.1, 0.15) is 12.8 Å². The Kier molecular flexibility index (Phi) is 4.74. The predicted octanol–water partition coefficient (Wildman–Crippen LogP) is 1.75. The van der Waals surface area contributed by atoms with Crippen molar-refractivity contribution < 1.29 is 9.90 Å². The smallest absolute Gasteiger partial charge is 0.238 e. The molecule has 0 atom stereocenters. The largest absolute Gasteiger partial charge is 0.393 e.